The Morgan fingerprint density at radius 3 is 2.22 bits per heavy atom. The molecule has 0 atom stereocenters. The van der Waals surface area contributed by atoms with E-state index in [1.54, 1.807) is 0 Å². The molecule has 0 bridgehead atoms. The molecule has 218 valence electrons. The summed E-state index contributed by atoms with van der Waals surface area (Å²) in [5.74, 6) is 1.69. The van der Waals surface area contributed by atoms with E-state index in [0.717, 1.165) is 66.4 Å². The standard InChI is InChI=1S/C39H24BN5.Pt/c1-2-11-27(12-3-1)40(28-20-21-31-32-22-24-41-26-36(32)45(35(31)25-28)38-18-8-9-23-42-38)37-17-10-19-39(43-37)44-33-15-6-4-13-29(33)30-14-5-7-16-34(30)44;/h1-15,17-24,26H;/q-2;+2. The number of rotatable bonds is 5. The summed E-state index contributed by atoms with van der Waals surface area (Å²) in [6, 6.07) is 51.2. The van der Waals surface area contributed by atoms with Crippen LogP contribution in [0.3, 0.4) is 0 Å². The SMILES string of the molecule is [Pt+2].[c-]1c(B(c2ccccc2)c2cccc(-n3c4[c-]cccc4c4ccccc43)n2)ccc2c3ccncc3n(-c3ccccn3)c12. The van der Waals surface area contributed by atoms with Crippen molar-refractivity contribution in [3.05, 3.63) is 158 Å². The van der Waals surface area contributed by atoms with Crippen molar-refractivity contribution in [3.8, 4) is 11.6 Å². The quantitative estimate of drug-likeness (QED) is 0.155. The summed E-state index contributed by atoms with van der Waals surface area (Å²) in [5.41, 5.74) is 7.20. The van der Waals surface area contributed by atoms with Gasteiger partial charge in [0.05, 0.1) is 11.7 Å². The summed E-state index contributed by atoms with van der Waals surface area (Å²) in [4.78, 5) is 14.5. The Morgan fingerprint density at radius 2 is 1.33 bits per heavy atom. The minimum atomic E-state index is -0.152. The minimum Gasteiger partial charge on any atom is -0.319 e. The molecule has 7 heteroatoms. The maximum Gasteiger partial charge on any atom is 2.00 e. The van der Waals surface area contributed by atoms with E-state index in [4.69, 9.17) is 9.97 Å². The van der Waals surface area contributed by atoms with Crippen molar-refractivity contribution in [2.75, 3.05) is 0 Å². The van der Waals surface area contributed by atoms with Crippen LogP contribution in [0.15, 0.2) is 146 Å². The molecule has 0 unspecified atom stereocenters. The topological polar surface area (TPSA) is 48.5 Å². The summed E-state index contributed by atoms with van der Waals surface area (Å²) in [6.45, 7) is -0.152. The van der Waals surface area contributed by atoms with Crippen LogP contribution in [0.1, 0.15) is 0 Å². The maximum absolute atomic E-state index is 5.37. The average Bonchev–Trinajstić information content (AvgIpc) is 3.62. The van der Waals surface area contributed by atoms with Crippen LogP contribution in [-0.2, 0) is 21.1 Å². The second-order valence-corrected chi connectivity index (χ2v) is 11.1. The van der Waals surface area contributed by atoms with Crippen LogP contribution >= 0.6 is 0 Å². The Kier molecular flexibility index (Phi) is 7.08. The summed E-state index contributed by atoms with van der Waals surface area (Å²) in [6.07, 6.45) is 5.56. The molecule has 0 spiro atoms. The van der Waals surface area contributed by atoms with Gasteiger partial charge < -0.3 is 9.13 Å². The normalized spacial score (nSPS) is 11.3. The summed E-state index contributed by atoms with van der Waals surface area (Å²) < 4.78 is 4.37. The molecule has 9 rings (SSSR count). The number of hydrogen-bond acceptors (Lipinski definition) is 3. The van der Waals surface area contributed by atoms with Gasteiger partial charge in [0.1, 0.15) is 11.6 Å². The fraction of sp³-hybridized carbons (Fsp3) is 0. The van der Waals surface area contributed by atoms with Crippen LogP contribution in [0.5, 0.6) is 0 Å². The number of benzene rings is 4. The van der Waals surface area contributed by atoms with Crippen molar-refractivity contribution < 1.29 is 21.1 Å². The first-order chi connectivity index (χ1) is 22.3. The van der Waals surface area contributed by atoms with Crippen LogP contribution < -0.4 is 16.5 Å². The number of nitrogens with zero attached hydrogens (tertiary/aromatic N) is 5. The number of para-hydroxylation sites is 2. The van der Waals surface area contributed by atoms with E-state index in [2.05, 4.69) is 123 Å². The van der Waals surface area contributed by atoms with Crippen molar-refractivity contribution in [2.45, 2.75) is 0 Å². The van der Waals surface area contributed by atoms with Gasteiger partial charge in [-0.25, -0.2) is 9.97 Å². The van der Waals surface area contributed by atoms with Gasteiger partial charge in [0.25, 0.3) is 0 Å². The Morgan fingerprint density at radius 1 is 0.565 bits per heavy atom. The van der Waals surface area contributed by atoms with Crippen LogP contribution in [0.25, 0.3) is 55.2 Å². The van der Waals surface area contributed by atoms with E-state index in [-0.39, 0.29) is 27.8 Å². The van der Waals surface area contributed by atoms with Gasteiger partial charge in [0.2, 0.25) is 6.71 Å². The first-order valence-electron chi connectivity index (χ1n) is 15.0. The van der Waals surface area contributed by atoms with Gasteiger partial charge in [0, 0.05) is 23.5 Å². The monoisotopic (exact) mass is 768 g/mol. The van der Waals surface area contributed by atoms with Gasteiger partial charge in [-0.2, -0.15) is 47.9 Å². The zero-order valence-electron chi connectivity index (χ0n) is 24.5. The van der Waals surface area contributed by atoms with E-state index in [0.29, 0.717) is 0 Å². The van der Waals surface area contributed by atoms with Gasteiger partial charge in [-0.15, -0.1) is 10.8 Å². The molecule has 46 heavy (non-hydrogen) atoms. The maximum atomic E-state index is 5.37. The molecule has 0 aliphatic carbocycles. The molecule has 5 aromatic heterocycles. The molecule has 0 N–H and O–H groups in total. The van der Waals surface area contributed by atoms with Crippen LogP contribution in [-0.4, -0.2) is 30.8 Å². The summed E-state index contributed by atoms with van der Waals surface area (Å²) in [7, 11) is 0. The molecule has 5 nitrogen and oxygen atoms in total. The predicted molar refractivity (Wildman–Crippen MR) is 184 cm³/mol. The molecular weight excluding hydrogens is 744 g/mol. The Hall–Kier alpha value is -5.32. The van der Waals surface area contributed by atoms with Gasteiger partial charge in [-0.3, -0.25) is 4.98 Å². The van der Waals surface area contributed by atoms with E-state index in [9.17, 15) is 0 Å². The van der Waals surface area contributed by atoms with Crippen molar-refractivity contribution in [3.63, 3.8) is 0 Å². The third-order valence-electron chi connectivity index (χ3n) is 8.60. The number of aromatic nitrogens is 5. The summed E-state index contributed by atoms with van der Waals surface area (Å²) in [5, 5.41) is 4.57. The molecule has 0 radical (unpaired) electrons. The zero-order valence-corrected chi connectivity index (χ0v) is 26.8. The second-order valence-electron chi connectivity index (χ2n) is 11.1. The fourth-order valence-electron chi connectivity index (χ4n) is 6.66. The van der Waals surface area contributed by atoms with Crippen molar-refractivity contribution in [1.29, 1.82) is 0 Å². The first kappa shape index (κ1) is 28.2. The van der Waals surface area contributed by atoms with Crippen LogP contribution in [0.4, 0.5) is 0 Å². The zero-order chi connectivity index (χ0) is 29.7. The number of hydrogen-bond donors (Lipinski definition) is 0. The van der Waals surface area contributed by atoms with E-state index in [1.807, 2.05) is 48.9 Å². The Balaban J connectivity index is 0.00000312. The third-order valence-corrected chi connectivity index (χ3v) is 8.60. The largest absolute Gasteiger partial charge is 2.00 e. The van der Waals surface area contributed by atoms with E-state index in [1.165, 1.54) is 5.39 Å². The smallest absolute Gasteiger partial charge is 0.319 e. The van der Waals surface area contributed by atoms with Crippen LogP contribution in [0, 0.1) is 12.1 Å². The fourth-order valence-corrected chi connectivity index (χ4v) is 6.66. The molecule has 0 saturated heterocycles. The first-order valence-corrected chi connectivity index (χ1v) is 15.0. The molecule has 0 amide bonds. The van der Waals surface area contributed by atoms with Crippen molar-refractivity contribution >= 4 is 66.8 Å². The molecule has 0 saturated carbocycles. The second kappa shape index (κ2) is 11.6. The van der Waals surface area contributed by atoms with Gasteiger partial charge in [-0.05, 0) is 47.2 Å². The molecule has 5 heterocycles. The molecule has 9 aromatic rings. The van der Waals surface area contributed by atoms with Crippen LogP contribution in [0.2, 0.25) is 0 Å². The predicted octanol–water partition coefficient (Wildman–Crippen LogP) is 6.18. The Bertz CT molecular complexity index is 2450. The van der Waals surface area contributed by atoms with E-state index < -0.39 is 0 Å². The van der Waals surface area contributed by atoms with Crippen molar-refractivity contribution in [2.24, 2.45) is 0 Å². The molecule has 0 fully saturated rings. The number of fused-ring (bicyclic) bond motifs is 6. The average molecular weight is 769 g/mol. The Labute approximate surface area is 280 Å². The van der Waals surface area contributed by atoms with Gasteiger partial charge in [-0.1, -0.05) is 77.2 Å². The van der Waals surface area contributed by atoms with Gasteiger partial charge >= 0.3 is 21.1 Å². The van der Waals surface area contributed by atoms with Crippen molar-refractivity contribution in [1.82, 2.24) is 24.1 Å². The molecule has 0 aliphatic rings. The van der Waals surface area contributed by atoms with Gasteiger partial charge in [0.15, 0.2) is 0 Å². The molecular formula is C39H24BN5Pt. The minimum absolute atomic E-state index is 0. The third kappa shape index (κ3) is 4.48. The summed E-state index contributed by atoms with van der Waals surface area (Å²) >= 11 is 0. The molecule has 0 aliphatic heterocycles. The molecule has 4 aromatic carbocycles. The van der Waals surface area contributed by atoms with E-state index >= 15 is 0 Å². The number of pyridine rings is 3.